The lowest BCUT2D eigenvalue weighted by atomic mass is 9.72. The van der Waals surface area contributed by atoms with E-state index < -0.39 is 54.5 Å². The zero-order valence-electron chi connectivity index (χ0n) is 29.6. The number of carbonyl (C=O) groups is 2. The topological polar surface area (TPSA) is 148 Å². The van der Waals surface area contributed by atoms with E-state index in [-0.39, 0.29) is 33.7 Å². The van der Waals surface area contributed by atoms with Gasteiger partial charge in [-0.1, -0.05) is 54.9 Å². The standard InChI is InChI=1S/C32H57N3O8S3/c1-12-22(5)20-30(7,8)29(37)32(10,14-3)43-23(6)27(36)31(9,13-2)34-45(38,39)26-19-24-25(33-15-4)21-35(17-16-18-42-11)46(40,41)28(24)44-26/h19,22-23,25,33-34H,12-18,20-21H2,1-11H3/t22?,23-,25-,31?,32?/m0/s1. The van der Waals surface area contributed by atoms with Crippen LogP contribution in [-0.2, 0) is 39.1 Å². The molecule has 0 aliphatic carbocycles. The molecule has 0 saturated carbocycles. The molecule has 1 aromatic rings. The van der Waals surface area contributed by atoms with Gasteiger partial charge in [-0.25, -0.2) is 16.8 Å². The molecule has 46 heavy (non-hydrogen) atoms. The van der Waals surface area contributed by atoms with E-state index in [0.29, 0.717) is 55.2 Å². The number of ether oxygens (including phenoxy) is 2. The van der Waals surface area contributed by atoms with Crippen molar-refractivity contribution in [1.29, 1.82) is 0 Å². The molecule has 2 N–H and O–H groups in total. The van der Waals surface area contributed by atoms with E-state index in [2.05, 4.69) is 23.9 Å². The maximum absolute atomic E-state index is 13.9. The number of hydrogen-bond donors (Lipinski definition) is 2. The lowest BCUT2D eigenvalue weighted by Crippen LogP contribution is -2.57. The number of hydrogen-bond acceptors (Lipinski definition) is 10. The monoisotopic (exact) mass is 707 g/mol. The van der Waals surface area contributed by atoms with Gasteiger partial charge in [-0.15, -0.1) is 11.3 Å². The van der Waals surface area contributed by atoms with Crippen molar-refractivity contribution in [2.75, 3.05) is 33.4 Å². The average Bonchev–Trinajstić information content (AvgIpc) is 3.46. The summed E-state index contributed by atoms with van der Waals surface area (Å²) in [4.78, 5) is 27.7. The third-order valence-electron chi connectivity index (χ3n) is 9.25. The summed E-state index contributed by atoms with van der Waals surface area (Å²) in [7, 11) is -6.73. The van der Waals surface area contributed by atoms with Crippen LogP contribution in [0.1, 0.15) is 113 Å². The van der Waals surface area contributed by atoms with E-state index in [1.165, 1.54) is 17.3 Å². The number of nitrogens with one attached hydrogen (secondary N) is 2. The second-order valence-corrected chi connectivity index (χ2v) is 18.7. The molecule has 0 fully saturated rings. The molecule has 1 aliphatic rings. The minimum atomic E-state index is -4.34. The first-order valence-corrected chi connectivity index (χ1v) is 20.1. The number of methoxy groups -OCH3 is 1. The van der Waals surface area contributed by atoms with Crippen LogP contribution < -0.4 is 10.0 Å². The van der Waals surface area contributed by atoms with Crippen molar-refractivity contribution in [3.8, 4) is 0 Å². The third kappa shape index (κ3) is 9.04. The predicted octanol–water partition coefficient (Wildman–Crippen LogP) is 5.06. The van der Waals surface area contributed by atoms with Crippen molar-refractivity contribution in [3.05, 3.63) is 11.6 Å². The van der Waals surface area contributed by atoms with E-state index in [9.17, 15) is 26.4 Å². The summed E-state index contributed by atoms with van der Waals surface area (Å²) in [5.74, 6) is -0.283. The van der Waals surface area contributed by atoms with Crippen LogP contribution in [-0.4, -0.2) is 83.3 Å². The highest BCUT2D eigenvalue weighted by molar-refractivity contribution is 7.94. The van der Waals surface area contributed by atoms with Crippen LogP contribution in [0.2, 0.25) is 0 Å². The quantitative estimate of drug-likeness (QED) is 0.178. The van der Waals surface area contributed by atoms with Gasteiger partial charge in [0.25, 0.3) is 20.0 Å². The largest absolute Gasteiger partial charge is 0.385 e. The zero-order chi connectivity index (χ0) is 35.3. The number of carbonyl (C=O) groups excluding carboxylic acids is 2. The molecule has 3 unspecified atom stereocenters. The van der Waals surface area contributed by atoms with Gasteiger partial charge < -0.3 is 14.8 Å². The molecular formula is C32H57N3O8S3. The molecule has 0 radical (unpaired) electrons. The Morgan fingerprint density at radius 1 is 1.11 bits per heavy atom. The van der Waals surface area contributed by atoms with Gasteiger partial charge in [0, 0.05) is 43.8 Å². The highest BCUT2D eigenvalue weighted by atomic mass is 32.3. The summed E-state index contributed by atoms with van der Waals surface area (Å²) in [6, 6.07) is 1.000. The SMILES string of the molecule is CCN[C@H]1CN(CCCOC)S(=O)(=O)c2sc(S(=O)(=O)NC(C)(CC)C(=O)[C@H](C)OC(C)(CC)C(=O)C(C)(C)CC(C)CC)cc21. The summed E-state index contributed by atoms with van der Waals surface area (Å²) >= 11 is 0.681. The number of ketones is 2. The predicted molar refractivity (Wildman–Crippen MR) is 182 cm³/mol. The Balaban J connectivity index is 2.39. The number of fused-ring (bicyclic) bond motifs is 1. The van der Waals surface area contributed by atoms with Crippen molar-refractivity contribution >= 4 is 42.9 Å². The molecular weight excluding hydrogens is 651 g/mol. The number of likely N-dealkylation sites (N-methyl/N-ethyl adjacent to an activating group) is 1. The molecule has 1 aromatic heterocycles. The lowest BCUT2D eigenvalue weighted by Gasteiger charge is -2.39. The Kier molecular flexibility index (Phi) is 14.2. The molecule has 11 nitrogen and oxygen atoms in total. The number of nitrogens with zero attached hydrogens (tertiary/aromatic N) is 1. The molecule has 0 saturated heterocycles. The fourth-order valence-corrected chi connectivity index (χ4v) is 11.5. The second-order valence-electron chi connectivity index (χ2n) is 13.6. The average molecular weight is 708 g/mol. The second kappa shape index (κ2) is 16.0. The van der Waals surface area contributed by atoms with Crippen LogP contribution in [0.5, 0.6) is 0 Å². The molecule has 0 amide bonds. The van der Waals surface area contributed by atoms with Crippen LogP contribution in [0.25, 0.3) is 0 Å². The Labute approximate surface area is 281 Å². The fraction of sp³-hybridized carbons (Fsp3) is 0.812. The van der Waals surface area contributed by atoms with Gasteiger partial charge in [-0.3, -0.25) is 9.59 Å². The molecule has 14 heteroatoms. The minimum absolute atomic E-state index is 0.0269. The third-order valence-corrected chi connectivity index (χ3v) is 14.9. The summed E-state index contributed by atoms with van der Waals surface area (Å²) in [6.45, 7) is 19.5. The Hall–Kier alpha value is -1.26. The lowest BCUT2D eigenvalue weighted by molar-refractivity contribution is -0.166. The molecule has 0 bridgehead atoms. The first-order chi connectivity index (χ1) is 21.2. The number of rotatable bonds is 20. The van der Waals surface area contributed by atoms with Gasteiger partial charge in [-0.2, -0.15) is 9.03 Å². The van der Waals surface area contributed by atoms with E-state index >= 15 is 0 Å². The van der Waals surface area contributed by atoms with Crippen LogP contribution in [0, 0.1) is 11.3 Å². The fourth-order valence-electron chi connectivity index (χ4n) is 6.13. The van der Waals surface area contributed by atoms with Crippen LogP contribution in [0.3, 0.4) is 0 Å². The van der Waals surface area contributed by atoms with E-state index in [0.717, 1.165) is 6.42 Å². The van der Waals surface area contributed by atoms with Crippen LogP contribution >= 0.6 is 11.3 Å². The van der Waals surface area contributed by atoms with Gasteiger partial charge >= 0.3 is 0 Å². The highest BCUT2D eigenvalue weighted by Crippen LogP contribution is 2.41. The number of Topliss-reactive ketones (excluding diaryl/α,β-unsaturated/α-hetero) is 2. The minimum Gasteiger partial charge on any atom is -0.385 e. The molecule has 5 atom stereocenters. The van der Waals surface area contributed by atoms with Gasteiger partial charge in [0.05, 0.1) is 5.54 Å². The Morgan fingerprint density at radius 3 is 2.26 bits per heavy atom. The first-order valence-electron chi connectivity index (χ1n) is 16.4. The first kappa shape index (κ1) is 40.9. The molecule has 0 spiro atoms. The zero-order valence-corrected chi connectivity index (χ0v) is 32.1. The van der Waals surface area contributed by atoms with E-state index in [1.807, 2.05) is 27.7 Å². The number of sulfonamides is 2. The summed E-state index contributed by atoms with van der Waals surface area (Å²) < 4.78 is 69.8. The Morgan fingerprint density at radius 2 is 1.74 bits per heavy atom. The van der Waals surface area contributed by atoms with Crippen molar-refractivity contribution < 1.29 is 35.9 Å². The van der Waals surface area contributed by atoms with Gasteiger partial charge in [0.2, 0.25) is 0 Å². The molecule has 266 valence electrons. The van der Waals surface area contributed by atoms with Crippen molar-refractivity contribution in [3.63, 3.8) is 0 Å². The van der Waals surface area contributed by atoms with Gasteiger partial charge in [0.15, 0.2) is 11.6 Å². The van der Waals surface area contributed by atoms with Crippen LogP contribution in [0.15, 0.2) is 14.5 Å². The number of thiophene rings is 1. The Bertz CT molecular complexity index is 1430. The van der Waals surface area contributed by atoms with E-state index in [4.69, 9.17) is 9.47 Å². The summed E-state index contributed by atoms with van der Waals surface area (Å²) in [6.07, 6.45) is 1.45. The van der Waals surface area contributed by atoms with Crippen molar-refractivity contribution in [2.45, 2.75) is 133 Å². The highest BCUT2D eigenvalue weighted by Gasteiger charge is 2.47. The maximum atomic E-state index is 13.9. The van der Waals surface area contributed by atoms with Crippen molar-refractivity contribution in [2.24, 2.45) is 11.3 Å². The summed E-state index contributed by atoms with van der Waals surface area (Å²) in [5, 5.41) is 3.27. The van der Waals surface area contributed by atoms with E-state index in [1.54, 1.807) is 27.9 Å². The molecule has 2 rings (SSSR count). The van der Waals surface area contributed by atoms with Gasteiger partial charge in [-0.05, 0) is 65.0 Å². The van der Waals surface area contributed by atoms with Gasteiger partial charge in [0.1, 0.15) is 20.1 Å². The molecule has 0 aromatic carbocycles. The smallest absolute Gasteiger partial charge is 0.252 e. The molecule has 1 aliphatic heterocycles. The van der Waals surface area contributed by atoms with Crippen LogP contribution in [0.4, 0.5) is 0 Å². The molecule has 2 heterocycles. The maximum Gasteiger partial charge on any atom is 0.252 e. The van der Waals surface area contributed by atoms with Crippen molar-refractivity contribution in [1.82, 2.24) is 14.3 Å². The summed E-state index contributed by atoms with van der Waals surface area (Å²) in [5.41, 5.74) is -3.12. The normalized spacial score (nSPS) is 21.2.